The Balaban J connectivity index is 1.30. The average molecular weight is 447 g/mol. The zero-order chi connectivity index (χ0) is 22.2. The van der Waals surface area contributed by atoms with Crippen molar-refractivity contribution in [3.05, 3.63) is 59.9 Å². The summed E-state index contributed by atoms with van der Waals surface area (Å²) in [5.74, 6) is 1.93. The van der Waals surface area contributed by atoms with Crippen molar-refractivity contribution in [3.63, 3.8) is 0 Å². The molecule has 6 rings (SSSR count). The number of ether oxygens (including phenoxy) is 2. The van der Waals surface area contributed by atoms with Crippen molar-refractivity contribution in [2.24, 2.45) is 0 Å². The van der Waals surface area contributed by atoms with Gasteiger partial charge in [-0.15, -0.1) is 10.2 Å². The van der Waals surface area contributed by atoms with Crippen LogP contribution in [0.2, 0.25) is 0 Å². The molecular weight excluding hydrogens is 425 g/mol. The van der Waals surface area contributed by atoms with Crippen LogP contribution in [0.1, 0.15) is 11.1 Å². The lowest BCUT2D eigenvalue weighted by atomic mass is 10.0. The fourth-order valence-electron chi connectivity index (χ4n) is 4.38. The number of pyridine rings is 1. The van der Waals surface area contributed by atoms with Gasteiger partial charge < -0.3 is 19.7 Å². The molecule has 5 heterocycles. The molecule has 2 aliphatic rings. The van der Waals surface area contributed by atoms with E-state index in [2.05, 4.69) is 30.4 Å². The van der Waals surface area contributed by atoms with Gasteiger partial charge in [-0.2, -0.15) is 0 Å². The van der Waals surface area contributed by atoms with E-state index < -0.39 is 0 Å². The minimum absolute atomic E-state index is 0.254. The molecule has 2 aliphatic heterocycles. The number of nitrogens with zero attached hydrogens (tertiary/aromatic N) is 6. The van der Waals surface area contributed by atoms with Crippen LogP contribution in [-0.2, 0) is 17.7 Å². The molecule has 0 aliphatic carbocycles. The number of morpholine rings is 1. The molecule has 1 aromatic carbocycles. The maximum Gasteiger partial charge on any atom is 0.210 e. The third-order valence-electron chi connectivity index (χ3n) is 6.09. The molecule has 9 nitrogen and oxygen atoms in total. The van der Waals surface area contributed by atoms with Crippen LogP contribution in [0.15, 0.2) is 43.0 Å². The second kappa shape index (κ2) is 8.28. The molecule has 0 amide bonds. The molecule has 0 saturated carbocycles. The lowest BCUT2D eigenvalue weighted by Crippen LogP contribution is -2.36. The molecule has 0 radical (unpaired) electrons. The van der Waals surface area contributed by atoms with E-state index in [0.29, 0.717) is 43.4 Å². The molecule has 1 N–H and O–H groups in total. The summed E-state index contributed by atoms with van der Waals surface area (Å²) < 4.78 is 27.3. The van der Waals surface area contributed by atoms with Crippen LogP contribution < -0.4 is 15.0 Å². The second-order valence-electron chi connectivity index (χ2n) is 7.98. The van der Waals surface area contributed by atoms with Crippen molar-refractivity contribution in [1.29, 1.82) is 0 Å². The van der Waals surface area contributed by atoms with Crippen LogP contribution in [0.25, 0.3) is 16.8 Å². The van der Waals surface area contributed by atoms with Crippen molar-refractivity contribution in [1.82, 2.24) is 24.6 Å². The highest BCUT2D eigenvalue weighted by atomic mass is 19.1. The van der Waals surface area contributed by atoms with E-state index in [1.165, 1.54) is 6.07 Å². The molecular formula is C23H22FN7O2. The van der Waals surface area contributed by atoms with Gasteiger partial charge in [-0.25, -0.2) is 14.4 Å². The number of hydrogen-bond acceptors (Lipinski definition) is 8. The smallest absolute Gasteiger partial charge is 0.210 e. The molecule has 0 spiro atoms. The maximum atomic E-state index is 14.5. The van der Waals surface area contributed by atoms with Crippen LogP contribution in [0.4, 0.5) is 16.2 Å². The largest absolute Gasteiger partial charge is 0.493 e. The van der Waals surface area contributed by atoms with Crippen LogP contribution in [-0.4, -0.2) is 57.5 Å². The predicted molar refractivity (Wildman–Crippen MR) is 120 cm³/mol. The highest BCUT2D eigenvalue weighted by molar-refractivity contribution is 5.78. The molecule has 1 fully saturated rings. The zero-order valence-electron chi connectivity index (χ0n) is 17.9. The second-order valence-corrected chi connectivity index (χ2v) is 7.98. The summed E-state index contributed by atoms with van der Waals surface area (Å²) in [5.41, 5.74) is 3.96. The quantitative estimate of drug-likeness (QED) is 0.500. The molecule has 0 unspecified atom stereocenters. The Hall–Kier alpha value is -3.79. The van der Waals surface area contributed by atoms with Gasteiger partial charge >= 0.3 is 0 Å². The first-order chi connectivity index (χ1) is 16.3. The molecule has 33 heavy (non-hydrogen) atoms. The summed E-state index contributed by atoms with van der Waals surface area (Å²) in [6, 6.07) is 7.10. The average Bonchev–Trinajstić information content (AvgIpc) is 3.54. The van der Waals surface area contributed by atoms with Gasteiger partial charge in [0, 0.05) is 55.1 Å². The summed E-state index contributed by atoms with van der Waals surface area (Å²) >= 11 is 0. The number of rotatable bonds is 5. The molecule has 4 aromatic rings. The Kier molecular flexibility index (Phi) is 4.99. The Morgan fingerprint density at radius 2 is 2.00 bits per heavy atom. The van der Waals surface area contributed by atoms with Crippen LogP contribution in [0.3, 0.4) is 0 Å². The zero-order valence-corrected chi connectivity index (χ0v) is 17.9. The molecule has 1 saturated heterocycles. The summed E-state index contributed by atoms with van der Waals surface area (Å²) in [7, 11) is 0. The number of anilines is 2. The van der Waals surface area contributed by atoms with Crippen molar-refractivity contribution in [2.45, 2.75) is 13.0 Å². The van der Waals surface area contributed by atoms with E-state index >= 15 is 0 Å². The van der Waals surface area contributed by atoms with Crippen molar-refractivity contribution in [2.75, 3.05) is 43.1 Å². The predicted octanol–water partition coefficient (Wildman–Crippen LogP) is 2.71. The topological polar surface area (TPSA) is 89.7 Å². The van der Waals surface area contributed by atoms with E-state index in [9.17, 15) is 4.39 Å². The number of fused-ring (bicyclic) bond motifs is 2. The summed E-state index contributed by atoms with van der Waals surface area (Å²) in [4.78, 5) is 11.3. The first kappa shape index (κ1) is 19.9. The van der Waals surface area contributed by atoms with Crippen LogP contribution >= 0.6 is 0 Å². The van der Waals surface area contributed by atoms with Crippen LogP contribution in [0, 0.1) is 5.82 Å². The fourth-order valence-corrected chi connectivity index (χ4v) is 4.38. The first-order valence-corrected chi connectivity index (χ1v) is 10.9. The van der Waals surface area contributed by atoms with Crippen molar-refractivity contribution >= 4 is 17.4 Å². The Morgan fingerprint density at radius 3 is 2.91 bits per heavy atom. The minimum atomic E-state index is -0.254. The third-order valence-corrected chi connectivity index (χ3v) is 6.09. The molecule has 0 bridgehead atoms. The SMILES string of the molecule is Fc1ccc2c(c1CNc1ncc(-c3ccnc(N4CCOCC4)c3)c3nncn13)CCO2. The van der Waals surface area contributed by atoms with E-state index in [4.69, 9.17) is 9.47 Å². The monoisotopic (exact) mass is 447 g/mol. The highest BCUT2D eigenvalue weighted by Crippen LogP contribution is 2.31. The Labute approximate surface area is 189 Å². The number of nitrogens with one attached hydrogen (secondary N) is 1. The van der Waals surface area contributed by atoms with E-state index in [1.54, 1.807) is 29.2 Å². The molecule has 0 atom stereocenters. The van der Waals surface area contributed by atoms with Gasteiger partial charge in [-0.1, -0.05) is 0 Å². The highest BCUT2D eigenvalue weighted by Gasteiger charge is 2.20. The van der Waals surface area contributed by atoms with Gasteiger partial charge in [0.25, 0.3) is 0 Å². The lowest BCUT2D eigenvalue weighted by molar-refractivity contribution is 0.122. The Bertz CT molecular complexity index is 1320. The van der Waals surface area contributed by atoms with Gasteiger partial charge in [-0.3, -0.25) is 4.40 Å². The maximum absolute atomic E-state index is 14.5. The summed E-state index contributed by atoms with van der Waals surface area (Å²) in [6.45, 7) is 3.87. The number of hydrogen-bond donors (Lipinski definition) is 1. The van der Waals surface area contributed by atoms with Gasteiger partial charge in [0.05, 0.1) is 19.8 Å². The minimum Gasteiger partial charge on any atom is -0.493 e. The van der Waals surface area contributed by atoms with Gasteiger partial charge in [0.1, 0.15) is 23.7 Å². The van der Waals surface area contributed by atoms with Gasteiger partial charge in [0.15, 0.2) is 5.65 Å². The lowest BCUT2D eigenvalue weighted by Gasteiger charge is -2.28. The summed E-state index contributed by atoms with van der Waals surface area (Å²) in [5, 5.41) is 11.6. The molecule has 10 heteroatoms. The first-order valence-electron chi connectivity index (χ1n) is 10.9. The summed E-state index contributed by atoms with van der Waals surface area (Å²) in [6.07, 6.45) is 5.86. The normalized spacial score (nSPS) is 15.5. The fraction of sp³-hybridized carbons (Fsp3) is 0.304. The number of halogens is 1. The number of benzene rings is 1. The number of aromatic nitrogens is 5. The standard InChI is InChI=1S/C23H22FN7O2/c24-19-1-2-20-16(4-8-33-20)18(19)13-27-23-26-12-17(22-29-28-14-31(22)23)15-3-5-25-21(11-15)30-6-9-32-10-7-30/h1-3,5,11-12,14H,4,6-10,13H2,(H,26,27). The third kappa shape index (κ3) is 3.62. The van der Waals surface area contributed by atoms with E-state index in [1.807, 2.05) is 12.1 Å². The van der Waals surface area contributed by atoms with E-state index in [0.717, 1.165) is 41.3 Å². The Morgan fingerprint density at radius 1 is 1.09 bits per heavy atom. The van der Waals surface area contributed by atoms with Crippen molar-refractivity contribution in [3.8, 4) is 16.9 Å². The van der Waals surface area contributed by atoms with E-state index in [-0.39, 0.29) is 12.4 Å². The van der Waals surface area contributed by atoms with Gasteiger partial charge in [0.2, 0.25) is 5.95 Å². The van der Waals surface area contributed by atoms with Crippen LogP contribution in [0.5, 0.6) is 5.75 Å². The van der Waals surface area contributed by atoms with Gasteiger partial charge in [-0.05, 0) is 29.8 Å². The molecule has 3 aromatic heterocycles. The van der Waals surface area contributed by atoms with Crippen molar-refractivity contribution < 1.29 is 13.9 Å². The molecule has 168 valence electrons.